The summed E-state index contributed by atoms with van der Waals surface area (Å²) in [6.07, 6.45) is 2.13. The molecule has 1 saturated heterocycles. The second kappa shape index (κ2) is 7.25. The van der Waals surface area contributed by atoms with Crippen molar-refractivity contribution in [3.05, 3.63) is 34.3 Å². The van der Waals surface area contributed by atoms with Crippen molar-refractivity contribution in [1.29, 1.82) is 0 Å². The number of halogens is 1. The summed E-state index contributed by atoms with van der Waals surface area (Å²) in [5.41, 5.74) is 1.44. The van der Waals surface area contributed by atoms with E-state index in [-0.39, 0.29) is 12.6 Å². The van der Waals surface area contributed by atoms with Crippen molar-refractivity contribution in [2.75, 3.05) is 20.3 Å². The number of ether oxygens (including phenoxy) is 1. The summed E-state index contributed by atoms with van der Waals surface area (Å²) in [4.78, 5) is 13.9. The van der Waals surface area contributed by atoms with Gasteiger partial charge < -0.3 is 9.84 Å². The van der Waals surface area contributed by atoms with E-state index in [1.807, 2.05) is 0 Å². The van der Waals surface area contributed by atoms with Gasteiger partial charge in [-0.15, -0.1) is 0 Å². The molecule has 0 radical (unpaired) electrons. The van der Waals surface area contributed by atoms with Gasteiger partial charge in [-0.1, -0.05) is 11.6 Å². The second-order valence-corrected chi connectivity index (χ2v) is 6.11. The number of likely N-dealkylation sites (tertiary alicyclic amines) is 1. The first kappa shape index (κ1) is 16.3. The molecule has 2 atom stereocenters. The second-order valence-electron chi connectivity index (χ2n) is 5.70. The molecule has 4 nitrogen and oxygen atoms in total. The van der Waals surface area contributed by atoms with E-state index in [0.29, 0.717) is 29.1 Å². The largest absolute Gasteiger partial charge is 0.465 e. The Morgan fingerprint density at radius 1 is 1.48 bits per heavy atom. The zero-order chi connectivity index (χ0) is 15.4. The fraction of sp³-hybridized carbons (Fsp3) is 0.562. The lowest BCUT2D eigenvalue weighted by atomic mass is 9.93. The highest BCUT2D eigenvalue weighted by Gasteiger charge is 2.25. The Morgan fingerprint density at radius 2 is 2.24 bits per heavy atom. The molecule has 1 aromatic carbocycles. The highest BCUT2D eigenvalue weighted by molar-refractivity contribution is 6.31. The van der Waals surface area contributed by atoms with Crippen molar-refractivity contribution in [1.82, 2.24) is 4.90 Å². The van der Waals surface area contributed by atoms with Crippen molar-refractivity contribution in [3.63, 3.8) is 0 Å². The Bertz CT molecular complexity index is 506. The van der Waals surface area contributed by atoms with Crippen molar-refractivity contribution < 1.29 is 14.6 Å². The maximum absolute atomic E-state index is 11.6. The van der Waals surface area contributed by atoms with Gasteiger partial charge in [-0.2, -0.15) is 0 Å². The number of carbonyl (C=O) groups is 1. The van der Waals surface area contributed by atoms with Crippen LogP contribution < -0.4 is 0 Å². The van der Waals surface area contributed by atoms with Crippen LogP contribution in [-0.4, -0.2) is 42.3 Å². The van der Waals surface area contributed by atoms with Crippen molar-refractivity contribution in [2.45, 2.75) is 32.4 Å². The maximum Gasteiger partial charge on any atom is 0.337 e. The number of methoxy groups -OCH3 is 1. The zero-order valence-electron chi connectivity index (χ0n) is 12.5. The van der Waals surface area contributed by atoms with Crippen molar-refractivity contribution in [2.24, 2.45) is 5.92 Å². The number of hydrogen-bond acceptors (Lipinski definition) is 4. The third-order valence-electron chi connectivity index (χ3n) is 4.21. The smallest absolute Gasteiger partial charge is 0.337 e. The minimum absolute atomic E-state index is 0.221. The lowest BCUT2D eigenvalue weighted by Crippen LogP contribution is -2.42. The molecule has 0 aromatic heterocycles. The molecule has 1 N–H and O–H groups in total. The molecule has 1 aromatic rings. The summed E-state index contributed by atoms with van der Waals surface area (Å²) in [5, 5.41) is 10.0. The highest BCUT2D eigenvalue weighted by atomic mass is 35.5. The molecule has 0 amide bonds. The Labute approximate surface area is 130 Å². The number of aliphatic hydroxyl groups excluding tert-OH is 1. The summed E-state index contributed by atoms with van der Waals surface area (Å²) in [6, 6.07) is 5.66. The van der Waals surface area contributed by atoms with Crippen LogP contribution >= 0.6 is 11.6 Å². The van der Waals surface area contributed by atoms with Gasteiger partial charge in [0.05, 0.1) is 12.7 Å². The average Bonchev–Trinajstić information content (AvgIpc) is 2.50. The molecule has 0 bridgehead atoms. The van der Waals surface area contributed by atoms with Gasteiger partial charge in [0.15, 0.2) is 0 Å². The first-order valence-electron chi connectivity index (χ1n) is 7.26. The lowest BCUT2D eigenvalue weighted by Gasteiger charge is -2.37. The van der Waals surface area contributed by atoms with E-state index in [9.17, 15) is 9.90 Å². The van der Waals surface area contributed by atoms with E-state index in [1.165, 1.54) is 7.11 Å². The normalized spacial score (nSPS) is 23.0. The molecule has 116 valence electrons. The Kier molecular flexibility index (Phi) is 5.62. The van der Waals surface area contributed by atoms with E-state index >= 15 is 0 Å². The Balaban J connectivity index is 2.15. The van der Waals surface area contributed by atoms with E-state index < -0.39 is 0 Å². The SMILES string of the molecule is COC(=O)c1ccc(Cl)c(CN2CC(CO)CCC2C)c1. The number of carbonyl (C=O) groups excluding carboxylic acids is 1. The number of rotatable bonds is 4. The van der Waals surface area contributed by atoms with Crippen LogP contribution in [0.5, 0.6) is 0 Å². The molecule has 1 fully saturated rings. The number of nitrogens with zero attached hydrogens (tertiary/aromatic N) is 1. The topological polar surface area (TPSA) is 49.8 Å². The van der Waals surface area contributed by atoms with Gasteiger partial charge in [0.1, 0.15) is 0 Å². The van der Waals surface area contributed by atoms with Crippen molar-refractivity contribution >= 4 is 17.6 Å². The van der Waals surface area contributed by atoms with Gasteiger partial charge in [0, 0.05) is 30.8 Å². The highest BCUT2D eigenvalue weighted by Crippen LogP contribution is 2.26. The van der Waals surface area contributed by atoms with Crippen LogP contribution in [0.1, 0.15) is 35.7 Å². The van der Waals surface area contributed by atoms with Crippen LogP contribution in [0.15, 0.2) is 18.2 Å². The first-order valence-corrected chi connectivity index (χ1v) is 7.64. The van der Waals surface area contributed by atoms with E-state index in [0.717, 1.165) is 24.9 Å². The number of esters is 1. The first-order chi connectivity index (χ1) is 10.0. The van der Waals surface area contributed by atoms with Crippen molar-refractivity contribution in [3.8, 4) is 0 Å². The van der Waals surface area contributed by atoms with Gasteiger partial charge in [-0.3, -0.25) is 4.90 Å². The van der Waals surface area contributed by atoms with Crippen LogP contribution in [0.4, 0.5) is 0 Å². The standard InChI is InChI=1S/C16H22ClNO3/c1-11-3-4-12(10-19)8-18(11)9-14-7-13(16(20)21-2)5-6-15(14)17/h5-7,11-12,19H,3-4,8-10H2,1-2H3. The molecule has 5 heteroatoms. The molecule has 0 spiro atoms. The quantitative estimate of drug-likeness (QED) is 0.869. The molecule has 1 heterocycles. The molecule has 1 aliphatic rings. The molecular weight excluding hydrogens is 290 g/mol. The molecular formula is C16H22ClNO3. The minimum atomic E-state index is -0.354. The summed E-state index contributed by atoms with van der Waals surface area (Å²) >= 11 is 6.25. The van der Waals surface area contributed by atoms with Crippen LogP contribution in [-0.2, 0) is 11.3 Å². The third kappa shape index (κ3) is 3.96. The van der Waals surface area contributed by atoms with Crippen LogP contribution in [0.2, 0.25) is 5.02 Å². The van der Waals surface area contributed by atoms with Gasteiger partial charge in [-0.05, 0) is 49.4 Å². The van der Waals surface area contributed by atoms with E-state index in [2.05, 4.69) is 11.8 Å². The van der Waals surface area contributed by atoms with Crippen LogP contribution in [0.3, 0.4) is 0 Å². The average molecular weight is 312 g/mol. The lowest BCUT2D eigenvalue weighted by molar-refractivity contribution is 0.0600. The maximum atomic E-state index is 11.6. The number of aliphatic hydroxyl groups is 1. The van der Waals surface area contributed by atoms with Crippen LogP contribution in [0, 0.1) is 5.92 Å². The van der Waals surface area contributed by atoms with Gasteiger partial charge in [-0.25, -0.2) is 4.79 Å². The number of benzene rings is 1. The third-order valence-corrected chi connectivity index (χ3v) is 4.58. The van der Waals surface area contributed by atoms with Crippen LogP contribution in [0.25, 0.3) is 0 Å². The molecule has 21 heavy (non-hydrogen) atoms. The summed E-state index contributed by atoms with van der Waals surface area (Å²) in [7, 11) is 1.37. The van der Waals surface area contributed by atoms with E-state index in [4.69, 9.17) is 16.3 Å². The number of piperidine rings is 1. The Hall–Kier alpha value is -1.10. The summed E-state index contributed by atoms with van der Waals surface area (Å²) < 4.78 is 4.75. The predicted octanol–water partition coefficient (Wildman–Crippen LogP) is 2.72. The molecule has 2 rings (SSSR count). The minimum Gasteiger partial charge on any atom is -0.465 e. The monoisotopic (exact) mass is 311 g/mol. The molecule has 2 unspecified atom stereocenters. The van der Waals surface area contributed by atoms with Gasteiger partial charge >= 0.3 is 5.97 Å². The Morgan fingerprint density at radius 3 is 2.90 bits per heavy atom. The predicted molar refractivity (Wildman–Crippen MR) is 82.5 cm³/mol. The molecule has 1 aliphatic heterocycles. The fourth-order valence-electron chi connectivity index (χ4n) is 2.79. The zero-order valence-corrected chi connectivity index (χ0v) is 13.3. The van der Waals surface area contributed by atoms with E-state index in [1.54, 1.807) is 18.2 Å². The molecule has 0 aliphatic carbocycles. The van der Waals surface area contributed by atoms with Gasteiger partial charge in [0.2, 0.25) is 0 Å². The molecule has 0 saturated carbocycles. The van der Waals surface area contributed by atoms with Gasteiger partial charge in [0.25, 0.3) is 0 Å². The summed E-state index contributed by atoms with van der Waals surface area (Å²) in [5.74, 6) is -0.0309. The fourth-order valence-corrected chi connectivity index (χ4v) is 2.97. The number of hydrogen-bond donors (Lipinski definition) is 1. The summed E-state index contributed by atoms with van der Waals surface area (Å²) in [6.45, 7) is 3.95.